The van der Waals surface area contributed by atoms with Crippen molar-refractivity contribution in [1.29, 1.82) is 0 Å². The average molecular weight is 361 g/mol. The molecule has 1 aromatic rings. The quantitative estimate of drug-likeness (QED) is 0.796. The van der Waals surface area contributed by atoms with Gasteiger partial charge in [0.05, 0.1) is 4.47 Å². The van der Waals surface area contributed by atoms with Crippen molar-refractivity contribution in [3.05, 3.63) is 33.8 Å². The van der Waals surface area contributed by atoms with Gasteiger partial charge in [-0.15, -0.1) is 0 Å². The molecule has 21 heavy (non-hydrogen) atoms. The Morgan fingerprint density at radius 2 is 1.90 bits per heavy atom. The number of nitrogens with zero attached hydrogens (tertiary/aromatic N) is 1. The predicted molar refractivity (Wildman–Crippen MR) is 85.0 cm³/mol. The minimum atomic E-state index is -0.483. The van der Waals surface area contributed by atoms with E-state index < -0.39 is 11.6 Å². The van der Waals surface area contributed by atoms with Crippen molar-refractivity contribution >= 4 is 15.9 Å². The molecule has 1 aliphatic carbocycles. The summed E-state index contributed by atoms with van der Waals surface area (Å²) in [6.45, 7) is 3.27. The van der Waals surface area contributed by atoms with Crippen LogP contribution in [0.25, 0.3) is 0 Å². The van der Waals surface area contributed by atoms with Crippen molar-refractivity contribution in [1.82, 2.24) is 4.90 Å². The van der Waals surface area contributed by atoms with Crippen molar-refractivity contribution in [2.75, 3.05) is 6.54 Å². The molecule has 0 aromatic heterocycles. The topological polar surface area (TPSA) is 29.3 Å². The fourth-order valence-corrected chi connectivity index (χ4v) is 3.43. The normalized spacial score (nSPS) is 22.8. The number of hydrogen-bond acceptors (Lipinski definition) is 2. The first-order chi connectivity index (χ1) is 10.0. The maximum Gasteiger partial charge on any atom is 0.144 e. The maximum absolute atomic E-state index is 14.2. The van der Waals surface area contributed by atoms with Crippen molar-refractivity contribution in [3.8, 4) is 0 Å². The van der Waals surface area contributed by atoms with E-state index in [1.807, 2.05) is 0 Å². The molecule has 1 saturated carbocycles. The Bertz CT molecular complexity index is 474. The van der Waals surface area contributed by atoms with Crippen LogP contribution in [-0.2, 0) is 6.54 Å². The second-order valence-electron chi connectivity index (χ2n) is 5.86. The third kappa shape index (κ3) is 4.24. The fourth-order valence-electron chi connectivity index (χ4n) is 3.06. The zero-order valence-corrected chi connectivity index (χ0v) is 14.0. The fraction of sp³-hybridized carbons (Fsp3) is 0.625. The van der Waals surface area contributed by atoms with Gasteiger partial charge in [-0.1, -0.05) is 6.92 Å². The molecule has 0 saturated heterocycles. The molecule has 2 rings (SSSR count). The molecule has 0 spiro atoms. The van der Waals surface area contributed by atoms with Crippen LogP contribution in [0, 0.1) is 11.6 Å². The highest BCUT2D eigenvalue weighted by atomic mass is 79.9. The second kappa shape index (κ2) is 7.65. The largest absolute Gasteiger partial charge is 0.328 e. The Hall–Kier alpha value is -0.520. The van der Waals surface area contributed by atoms with Crippen molar-refractivity contribution in [2.45, 2.75) is 57.7 Å². The van der Waals surface area contributed by atoms with Gasteiger partial charge in [0.15, 0.2) is 0 Å². The first kappa shape index (κ1) is 16.8. The van der Waals surface area contributed by atoms with Crippen LogP contribution in [0.3, 0.4) is 0 Å². The SMILES string of the molecule is CCCN(Cc1c(F)ccc(Br)c1F)C1CCC(N)CC1. The zero-order chi connectivity index (χ0) is 15.4. The van der Waals surface area contributed by atoms with Crippen LogP contribution in [0.1, 0.15) is 44.6 Å². The van der Waals surface area contributed by atoms with Gasteiger partial charge in [-0.05, 0) is 66.7 Å². The van der Waals surface area contributed by atoms with E-state index in [0.29, 0.717) is 17.1 Å². The average Bonchev–Trinajstić information content (AvgIpc) is 2.47. The summed E-state index contributed by atoms with van der Waals surface area (Å²) in [4.78, 5) is 2.21. The van der Waals surface area contributed by atoms with Gasteiger partial charge in [-0.2, -0.15) is 0 Å². The number of benzene rings is 1. The Morgan fingerprint density at radius 3 is 2.52 bits per heavy atom. The number of hydrogen-bond donors (Lipinski definition) is 1. The summed E-state index contributed by atoms with van der Waals surface area (Å²) in [5.74, 6) is -0.951. The Morgan fingerprint density at radius 1 is 1.24 bits per heavy atom. The van der Waals surface area contributed by atoms with Crippen LogP contribution in [0.4, 0.5) is 8.78 Å². The van der Waals surface area contributed by atoms with Gasteiger partial charge >= 0.3 is 0 Å². The van der Waals surface area contributed by atoms with Crippen LogP contribution >= 0.6 is 15.9 Å². The Labute approximate surface area is 133 Å². The van der Waals surface area contributed by atoms with Crippen LogP contribution in [0.2, 0.25) is 0 Å². The highest BCUT2D eigenvalue weighted by molar-refractivity contribution is 9.10. The molecule has 118 valence electrons. The summed E-state index contributed by atoms with van der Waals surface area (Å²) in [7, 11) is 0. The van der Waals surface area contributed by atoms with E-state index in [1.54, 1.807) is 0 Å². The predicted octanol–water partition coefficient (Wildman–Crippen LogP) is 4.21. The van der Waals surface area contributed by atoms with Crippen molar-refractivity contribution in [3.63, 3.8) is 0 Å². The van der Waals surface area contributed by atoms with E-state index in [0.717, 1.165) is 38.6 Å². The molecule has 0 heterocycles. The van der Waals surface area contributed by atoms with E-state index in [9.17, 15) is 8.78 Å². The molecule has 2 N–H and O–H groups in total. The summed E-state index contributed by atoms with van der Waals surface area (Å²) in [6.07, 6.45) is 4.99. The first-order valence-electron chi connectivity index (χ1n) is 7.65. The summed E-state index contributed by atoms with van der Waals surface area (Å²) < 4.78 is 28.4. The standard InChI is InChI=1S/C16H23BrF2N2/c1-2-9-21(12-5-3-11(20)4-6-12)10-13-15(18)8-7-14(17)16(13)19/h7-8,11-12H,2-6,9-10,20H2,1H3. The number of rotatable bonds is 5. The number of halogens is 3. The van der Waals surface area contributed by atoms with Crippen LogP contribution in [-0.4, -0.2) is 23.5 Å². The lowest BCUT2D eigenvalue weighted by atomic mass is 9.90. The molecule has 1 fully saturated rings. The van der Waals surface area contributed by atoms with E-state index in [-0.39, 0.29) is 11.6 Å². The molecule has 1 aromatic carbocycles. The van der Waals surface area contributed by atoms with Gasteiger partial charge in [-0.3, -0.25) is 4.90 Å². The van der Waals surface area contributed by atoms with Crippen LogP contribution < -0.4 is 5.73 Å². The molecular formula is C16H23BrF2N2. The zero-order valence-electron chi connectivity index (χ0n) is 12.4. The van der Waals surface area contributed by atoms with Gasteiger partial charge in [-0.25, -0.2) is 8.78 Å². The van der Waals surface area contributed by atoms with E-state index >= 15 is 0 Å². The maximum atomic E-state index is 14.2. The molecular weight excluding hydrogens is 338 g/mol. The van der Waals surface area contributed by atoms with Crippen LogP contribution in [0.15, 0.2) is 16.6 Å². The highest BCUT2D eigenvalue weighted by Crippen LogP contribution is 2.27. The third-order valence-corrected chi connectivity index (χ3v) is 4.88. The summed E-state index contributed by atoms with van der Waals surface area (Å²) in [5.41, 5.74) is 6.11. The lowest BCUT2D eigenvalue weighted by molar-refractivity contribution is 0.139. The van der Waals surface area contributed by atoms with Gasteiger partial charge in [0, 0.05) is 24.2 Å². The molecule has 0 bridgehead atoms. The smallest absolute Gasteiger partial charge is 0.144 e. The third-order valence-electron chi connectivity index (χ3n) is 4.27. The van der Waals surface area contributed by atoms with Gasteiger partial charge in [0.2, 0.25) is 0 Å². The van der Waals surface area contributed by atoms with Crippen molar-refractivity contribution in [2.24, 2.45) is 5.73 Å². The first-order valence-corrected chi connectivity index (χ1v) is 8.44. The minimum Gasteiger partial charge on any atom is -0.328 e. The summed E-state index contributed by atoms with van der Waals surface area (Å²) in [6, 6.07) is 3.40. The number of nitrogens with two attached hydrogens (primary N) is 1. The molecule has 2 nitrogen and oxygen atoms in total. The highest BCUT2D eigenvalue weighted by Gasteiger charge is 2.25. The molecule has 0 unspecified atom stereocenters. The van der Waals surface area contributed by atoms with E-state index in [4.69, 9.17) is 5.73 Å². The lowest BCUT2D eigenvalue weighted by Gasteiger charge is -2.36. The molecule has 0 atom stereocenters. The Balaban J connectivity index is 2.15. The summed E-state index contributed by atoms with van der Waals surface area (Å²) in [5, 5.41) is 0. The summed E-state index contributed by atoms with van der Waals surface area (Å²) >= 11 is 3.14. The molecule has 1 aliphatic rings. The molecule has 5 heteroatoms. The molecule has 0 radical (unpaired) electrons. The molecule has 0 aliphatic heterocycles. The molecule has 0 amide bonds. The van der Waals surface area contributed by atoms with E-state index in [2.05, 4.69) is 27.8 Å². The van der Waals surface area contributed by atoms with E-state index in [1.165, 1.54) is 12.1 Å². The minimum absolute atomic E-state index is 0.160. The lowest BCUT2D eigenvalue weighted by Crippen LogP contribution is -2.41. The van der Waals surface area contributed by atoms with Gasteiger partial charge in [0.25, 0.3) is 0 Å². The van der Waals surface area contributed by atoms with Crippen molar-refractivity contribution < 1.29 is 8.78 Å². The van der Waals surface area contributed by atoms with Crippen LogP contribution in [0.5, 0.6) is 0 Å². The van der Waals surface area contributed by atoms with Gasteiger partial charge in [0.1, 0.15) is 11.6 Å². The van der Waals surface area contributed by atoms with Gasteiger partial charge < -0.3 is 5.73 Å². The monoisotopic (exact) mass is 360 g/mol. The second-order valence-corrected chi connectivity index (χ2v) is 6.72. The Kier molecular flexibility index (Phi) is 6.14.